The molecule has 1 unspecified atom stereocenters. The normalized spacial score (nSPS) is 12.5. The Kier molecular flexibility index (Phi) is 4.26. The molecule has 0 saturated heterocycles. The summed E-state index contributed by atoms with van der Waals surface area (Å²) >= 11 is 2.06. The zero-order valence-corrected chi connectivity index (χ0v) is 13.3. The minimum atomic E-state index is -0.716. The highest BCUT2D eigenvalue weighted by Gasteiger charge is 2.17. The maximum atomic E-state index is 13.1. The number of aliphatic hydroxyl groups excluding tert-OH is 1. The van der Waals surface area contributed by atoms with Gasteiger partial charge in [0.1, 0.15) is 11.9 Å². The van der Waals surface area contributed by atoms with E-state index in [2.05, 4.69) is 35.6 Å². The van der Waals surface area contributed by atoms with Gasteiger partial charge in [-0.1, -0.05) is 18.2 Å². The molecule has 19 heavy (non-hydrogen) atoms. The second-order valence-electron chi connectivity index (χ2n) is 4.86. The molecular weight excluding hydrogens is 354 g/mol. The summed E-state index contributed by atoms with van der Waals surface area (Å²) in [7, 11) is 0. The van der Waals surface area contributed by atoms with Crippen molar-refractivity contribution >= 4 is 22.6 Å². The molecule has 0 bridgehead atoms. The van der Waals surface area contributed by atoms with Crippen molar-refractivity contribution in [2.24, 2.45) is 0 Å². The third-order valence-electron chi connectivity index (χ3n) is 3.43. The van der Waals surface area contributed by atoms with Gasteiger partial charge in [0, 0.05) is 3.57 Å². The third kappa shape index (κ3) is 2.98. The molecule has 2 rings (SSSR count). The monoisotopic (exact) mass is 370 g/mol. The Balaban J connectivity index is 2.49. The highest BCUT2D eigenvalue weighted by molar-refractivity contribution is 14.1. The first kappa shape index (κ1) is 14.5. The zero-order valence-electron chi connectivity index (χ0n) is 11.2. The van der Waals surface area contributed by atoms with Crippen LogP contribution in [0.1, 0.15) is 33.9 Å². The lowest BCUT2D eigenvalue weighted by atomic mass is 9.93. The Labute approximate surface area is 126 Å². The second-order valence-corrected chi connectivity index (χ2v) is 6.02. The highest BCUT2D eigenvalue weighted by atomic mass is 127. The summed E-state index contributed by atoms with van der Waals surface area (Å²) in [6.07, 6.45) is -0.716. The number of aryl methyl sites for hydroxylation is 3. The first-order chi connectivity index (χ1) is 8.90. The van der Waals surface area contributed by atoms with E-state index in [1.807, 2.05) is 19.9 Å². The maximum Gasteiger partial charge on any atom is 0.124 e. The van der Waals surface area contributed by atoms with Gasteiger partial charge in [-0.3, -0.25) is 0 Å². The second kappa shape index (κ2) is 5.59. The van der Waals surface area contributed by atoms with E-state index >= 15 is 0 Å². The summed E-state index contributed by atoms with van der Waals surface area (Å²) in [6.45, 7) is 6.07. The minimum Gasteiger partial charge on any atom is -0.384 e. The summed E-state index contributed by atoms with van der Waals surface area (Å²) in [5.74, 6) is -0.280. The molecule has 0 fully saturated rings. The van der Waals surface area contributed by atoms with Crippen LogP contribution < -0.4 is 0 Å². The van der Waals surface area contributed by atoms with Crippen molar-refractivity contribution in [1.29, 1.82) is 0 Å². The number of benzene rings is 2. The Morgan fingerprint density at radius 3 is 2.21 bits per heavy atom. The van der Waals surface area contributed by atoms with E-state index in [1.54, 1.807) is 6.07 Å². The first-order valence-electron chi connectivity index (χ1n) is 6.11. The number of aliphatic hydroxyl groups is 1. The number of hydrogen-bond donors (Lipinski definition) is 1. The number of rotatable bonds is 2. The predicted molar refractivity (Wildman–Crippen MR) is 83.8 cm³/mol. The molecule has 3 heteroatoms. The van der Waals surface area contributed by atoms with E-state index in [0.717, 1.165) is 25.8 Å². The van der Waals surface area contributed by atoms with E-state index in [-0.39, 0.29) is 5.82 Å². The van der Waals surface area contributed by atoms with Crippen molar-refractivity contribution in [3.8, 4) is 0 Å². The molecule has 0 radical (unpaired) electrons. The van der Waals surface area contributed by atoms with Crippen molar-refractivity contribution in [3.63, 3.8) is 0 Å². The van der Waals surface area contributed by atoms with Crippen LogP contribution in [0.25, 0.3) is 0 Å². The van der Waals surface area contributed by atoms with Crippen molar-refractivity contribution in [2.45, 2.75) is 26.9 Å². The van der Waals surface area contributed by atoms with Gasteiger partial charge >= 0.3 is 0 Å². The third-order valence-corrected chi connectivity index (χ3v) is 4.37. The molecule has 0 aromatic heterocycles. The number of halogens is 2. The molecule has 0 spiro atoms. The standard InChI is InChI=1S/C16H16FIO/c1-9-6-11(3)14(7-10(9)2)16(19)13-5-4-12(17)8-15(13)18/h4-8,16,19H,1-3H3. The first-order valence-corrected chi connectivity index (χ1v) is 7.18. The molecule has 1 nitrogen and oxygen atoms in total. The van der Waals surface area contributed by atoms with Crippen molar-refractivity contribution in [2.75, 3.05) is 0 Å². The van der Waals surface area contributed by atoms with Crippen LogP contribution in [0.4, 0.5) is 4.39 Å². The van der Waals surface area contributed by atoms with Gasteiger partial charge < -0.3 is 5.11 Å². The Morgan fingerprint density at radius 1 is 0.947 bits per heavy atom. The van der Waals surface area contributed by atoms with Gasteiger partial charge in [0.2, 0.25) is 0 Å². The van der Waals surface area contributed by atoms with Gasteiger partial charge in [0.05, 0.1) is 0 Å². The van der Waals surface area contributed by atoms with Gasteiger partial charge in [-0.15, -0.1) is 0 Å². The van der Waals surface area contributed by atoms with Crippen molar-refractivity contribution in [1.82, 2.24) is 0 Å². The Bertz CT molecular complexity index is 622. The molecular formula is C16H16FIO. The lowest BCUT2D eigenvalue weighted by Gasteiger charge is -2.17. The average molecular weight is 370 g/mol. The minimum absolute atomic E-state index is 0.280. The van der Waals surface area contributed by atoms with Crippen LogP contribution in [-0.2, 0) is 0 Å². The lowest BCUT2D eigenvalue weighted by Crippen LogP contribution is -2.05. The van der Waals surface area contributed by atoms with Gasteiger partial charge in [-0.2, -0.15) is 0 Å². The van der Waals surface area contributed by atoms with Crippen LogP contribution in [0.3, 0.4) is 0 Å². The van der Waals surface area contributed by atoms with E-state index in [1.165, 1.54) is 17.7 Å². The van der Waals surface area contributed by atoms with E-state index in [0.29, 0.717) is 0 Å². The largest absolute Gasteiger partial charge is 0.384 e. The molecule has 0 aliphatic heterocycles. The zero-order chi connectivity index (χ0) is 14.2. The molecule has 0 aliphatic rings. The fourth-order valence-corrected chi connectivity index (χ4v) is 2.94. The lowest BCUT2D eigenvalue weighted by molar-refractivity contribution is 0.218. The molecule has 0 saturated carbocycles. The van der Waals surface area contributed by atoms with Crippen LogP contribution in [-0.4, -0.2) is 5.11 Å². The van der Waals surface area contributed by atoms with Gasteiger partial charge in [-0.25, -0.2) is 4.39 Å². The van der Waals surface area contributed by atoms with Gasteiger partial charge in [-0.05, 0) is 83.3 Å². The van der Waals surface area contributed by atoms with Crippen LogP contribution in [0.2, 0.25) is 0 Å². The summed E-state index contributed by atoms with van der Waals surface area (Å²) in [4.78, 5) is 0. The predicted octanol–water partition coefficient (Wildman–Crippen LogP) is 4.44. The average Bonchev–Trinajstić information content (AvgIpc) is 2.33. The van der Waals surface area contributed by atoms with Crippen LogP contribution >= 0.6 is 22.6 Å². The fourth-order valence-electron chi connectivity index (χ4n) is 2.17. The molecule has 2 aromatic rings. The summed E-state index contributed by atoms with van der Waals surface area (Å²) < 4.78 is 13.9. The Hall–Kier alpha value is -0.940. The fraction of sp³-hybridized carbons (Fsp3) is 0.250. The van der Waals surface area contributed by atoms with Crippen LogP contribution in [0.15, 0.2) is 30.3 Å². The smallest absolute Gasteiger partial charge is 0.124 e. The van der Waals surface area contributed by atoms with E-state index in [4.69, 9.17) is 0 Å². The molecule has 2 aromatic carbocycles. The molecule has 100 valence electrons. The van der Waals surface area contributed by atoms with Crippen LogP contribution in [0.5, 0.6) is 0 Å². The Morgan fingerprint density at radius 2 is 1.58 bits per heavy atom. The van der Waals surface area contributed by atoms with Gasteiger partial charge in [0.25, 0.3) is 0 Å². The van der Waals surface area contributed by atoms with Crippen molar-refractivity contribution in [3.05, 3.63) is 67.5 Å². The van der Waals surface area contributed by atoms with Gasteiger partial charge in [0.15, 0.2) is 0 Å². The van der Waals surface area contributed by atoms with Crippen molar-refractivity contribution < 1.29 is 9.50 Å². The topological polar surface area (TPSA) is 20.2 Å². The quantitative estimate of drug-likeness (QED) is 0.776. The molecule has 1 atom stereocenters. The highest BCUT2D eigenvalue weighted by Crippen LogP contribution is 2.30. The van der Waals surface area contributed by atoms with E-state index < -0.39 is 6.10 Å². The molecule has 0 aliphatic carbocycles. The van der Waals surface area contributed by atoms with Crippen LogP contribution in [0, 0.1) is 30.2 Å². The number of hydrogen-bond acceptors (Lipinski definition) is 1. The molecule has 0 heterocycles. The maximum absolute atomic E-state index is 13.1. The summed E-state index contributed by atoms with van der Waals surface area (Å²) in [5.41, 5.74) is 5.04. The molecule has 1 N–H and O–H groups in total. The summed E-state index contributed by atoms with van der Waals surface area (Å²) in [6, 6.07) is 8.56. The summed E-state index contributed by atoms with van der Waals surface area (Å²) in [5, 5.41) is 10.5. The SMILES string of the molecule is Cc1cc(C)c(C(O)c2ccc(F)cc2I)cc1C. The molecule has 0 amide bonds. The van der Waals surface area contributed by atoms with E-state index in [9.17, 15) is 9.50 Å².